The fraction of sp³-hybridized carbons (Fsp3) is 0.130. The molecule has 1 aliphatic heterocycles. The van der Waals surface area contributed by atoms with Gasteiger partial charge >= 0.3 is 0 Å². The van der Waals surface area contributed by atoms with Gasteiger partial charge in [0.25, 0.3) is 17.5 Å². The topological polar surface area (TPSA) is 114 Å². The van der Waals surface area contributed by atoms with E-state index in [1.807, 2.05) is 0 Å². The van der Waals surface area contributed by atoms with Crippen molar-refractivity contribution in [2.24, 2.45) is 0 Å². The smallest absolute Gasteiger partial charge is 0.270 e. The van der Waals surface area contributed by atoms with Crippen molar-refractivity contribution in [3.8, 4) is 0 Å². The van der Waals surface area contributed by atoms with E-state index < -0.39 is 34.5 Å². The molecule has 0 saturated carbocycles. The Kier molecular flexibility index (Phi) is 5.90. The minimum Gasteiger partial charge on any atom is -0.322 e. The minimum atomic E-state index is -1.14. The van der Waals surface area contributed by atoms with Gasteiger partial charge in [-0.3, -0.25) is 29.5 Å². The van der Waals surface area contributed by atoms with E-state index in [-0.39, 0.29) is 29.9 Å². The number of rotatable bonds is 6. The lowest BCUT2D eigenvalue weighted by atomic mass is 10.1. The second kappa shape index (κ2) is 8.95. The van der Waals surface area contributed by atoms with Crippen molar-refractivity contribution in [1.29, 1.82) is 0 Å². The average Bonchev–Trinajstić information content (AvgIpc) is 3.12. The standard InChI is InChI=1S/C23H17FN4O5/c24-17-6-8-18(9-7-17)27-21(29)12-20(23(27)31)26(14-15-3-2-10-25-13-15)22(30)16-4-1-5-19(11-16)28(32)33/h1-11,13,20H,12,14H2. The number of carbonyl (C=O) groups excluding carboxylic acids is 3. The van der Waals surface area contributed by atoms with Gasteiger partial charge in [0.2, 0.25) is 5.91 Å². The summed E-state index contributed by atoms with van der Waals surface area (Å²) in [5.41, 5.74) is 0.535. The van der Waals surface area contributed by atoms with Crippen molar-refractivity contribution < 1.29 is 23.7 Å². The van der Waals surface area contributed by atoms with Crippen LogP contribution in [-0.2, 0) is 16.1 Å². The van der Waals surface area contributed by atoms with Crippen LogP contribution >= 0.6 is 0 Å². The number of hydrogen-bond donors (Lipinski definition) is 0. The fourth-order valence-electron chi connectivity index (χ4n) is 3.65. The largest absolute Gasteiger partial charge is 0.322 e. The lowest BCUT2D eigenvalue weighted by Crippen LogP contribution is -2.45. The first-order valence-corrected chi connectivity index (χ1v) is 9.92. The molecule has 33 heavy (non-hydrogen) atoms. The molecule has 0 N–H and O–H groups in total. The molecule has 3 aromatic rings. The normalized spacial score (nSPS) is 15.5. The fourth-order valence-corrected chi connectivity index (χ4v) is 3.65. The number of hydrogen-bond acceptors (Lipinski definition) is 6. The summed E-state index contributed by atoms with van der Waals surface area (Å²) in [5, 5.41) is 11.2. The number of anilines is 1. The van der Waals surface area contributed by atoms with Crippen molar-refractivity contribution in [2.45, 2.75) is 19.0 Å². The first-order valence-electron chi connectivity index (χ1n) is 9.92. The van der Waals surface area contributed by atoms with Crippen LogP contribution in [0.3, 0.4) is 0 Å². The number of aromatic nitrogens is 1. The highest BCUT2D eigenvalue weighted by molar-refractivity contribution is 6.23. The quantitative estimate of drug-likeness (QED) is 0.325. The average molecular weight is 448 g/mol. The molecular formula is C23H17FN4O5. The number of carbonyl (C=O) groups is 3. The van der Waals surface area contributed by atoms with Gasteiger partial charge in [-0.2, -0.15) is 0 Å². The van der Waals surface area contributed by atoms with Crippen LogP contribution in [0, 0.1) is 15.9 Å². The van der Waals surface area contributed by atoms with E-state index in [9.17, 15) is 28.9 Å². The molecule has 0 radical (unpaired) electrons. The number of non-ortho nitro benzene ring substituents is 1. The maximum absolute atomic E-state index is 13.4. The van der Waals surface area contributed by atoms with Crippen LogP contribution < -0.4 is 4.90 Å². The van der Waals surface area contributed by atoms with Crippen molar-refractivity contribution in [3.63, 3.8) is 0 Å². The summed E-state index contributed by atoms with van der Waals surface area (Å²) in [6, 6.07) is 12.3. The van der Waals surface area contributed by atoms with E-state index in [2.05, 4.69) is 4.98 Å². The van der Waals surface area contributed by atoms with E-state index in [1.165, 1.54) is 41.4 Å². The zero-order valence-electron chi connectivity index (χ0n) is 17.1. The molecule has 0 bridgehead atoms. The van der Waals surface area contributed by atoms with Gasteiger partial charge in [0.1, 0.15) is 11.9 Å². The van der Waals surface area contributed by atoms with Crippen LogP contribution in [0.25, 0.3) is 0 Å². The van der Waals surface area contributed by atoms with Crippen LogP contribution in [0.1, 0.15) is 22.3 Å². The Labute approximate surface area is 187 Å². The predicted octanol–water partition coefficient (Wildman–Crippen LogP) is 3.10. The van der Waals surface area contributed by atoms with E-state index in [0.717, 1.165) is 23.1 Å². The van der Waals surface area contributed by atoms with Gasteiger partial charge in [0, 0.05) is 36.6 Å². The molecule has 0 spiro atoms. The molecule has 1 atom stereocenters. The lowest BCUT2D eigenvalue weighted by molar-refractivity contribution is -0.384. The maximum Gasteiger partial charge on any atom is 0.270 e. The molecule has 2 heterocycles. The Hall–Kier alpha value is -4.47. The summed E-state index contributed by atoms with van der Waals surface area (Å²) < 4.78 is 13.3. The third-order valence-electron chi connectivity index (χ3n) is 5.22. The molecule has 1 aromatic heterocycles. The van der Waals surface area contributed by atoms with Crippen LogP contribution in [0.15, 0.2) is 73.1 Å². The van der Waals surface area contributed by atoms with E-state index in [1.54, 1.807) is 18.3 Å². The van der Waals surface area contributed by atoms with Crippen molar-refractivity contribution in [1.82, 2.24) is 9.88 Å². The Bertz CT molecular complexity index is 1230. The molecule has 1 fully saturated rings. The molecule has 2 aromatic carbocycles. The minimum absolute atomic E-state index is 0.00794. The highest BCUT2D eigenvalue weighted by atomic mass is 19.1. The molecule has 1 saturated heterocycles. The summed E-state index contributed by atoms with van der Waals surface area (Å²) >= 11 is 0. The summed E-state index contributed by atoms with van der Waals surface area (Å²) in [5.74, 6) is -2.35. The monoisotopic (exact) mass is 448 g/mol. The zero-order valence-corrected chi connectivity index (χ0v) is 17.1. The molecule has 9 nitrogen and oxygen atoms in total. The Morgan fingerprint density at radius 3 is 2.58 bits per heavy atom. The van der Waals surface area contributed by atoms with Gasteiger partial charge in [0.15, 0.2) is 0 Å². The van der Waals surface area contributed by atoms with Gasteiger partial charge in [-0.05, 0) is 42.0 Å². The number of benzene rings is 2. The number of nitro benzene ring substituents is 1. The number of pyridine rings is 1. The molecule has 0 aliphatic carbocycles. The Morgan fingerprint density at radius 2 is 1.91 bits per heavy atom. The molecule has 166 valence electrons. The van der Waals surface area contributed by atoms with Crippen LogP contribution in [0.2, 0.25) is 0 Å². The maximum atomic E-state index is 13.4. The number of nitro groups is 1. The zero-order chi connectivity index (χ0) is 23.5. The molecule has 4 rings (SSSR count). The van der Waals surface area contributed by atoms with E-state index in [0.29, 0.717) is 5.56 Å². The number of imide groups is 1. The van der Waals surface area contributed by atoms with Gasteiger partial charge in [0.05, 0.1) is 17.0 Å². The highest BCUT2D eigenvalue weighted by Crippen LogP contribution is 2.28. The Balaban J connectivity index is 1.70. The number of nitrogens with zero attached hydrogens (tertiary/aromatic N) is 4. The Morgan fingerprint density at radius 1 is 1.15 bits per heavy atom. The molecule has 10 heteroatoms. The summed E-state index contributed by atoms with van der Waals surface area (Å²) in [7, 11) is 0. The molecule has 1 aliphatic rings. The van der Waals surface area contributed by atoms with Crippen LogP contribution in [-0.4, -0.2) is 38.6 Å². The first-order chi connectivity index (χ1) is 15.8. The lowest BCUT2D eigenvalue weighted by Gasteiger charge is -2.27. The van der Waals surface area contributed by atoms with Crippen LogP contribution in [0.4, 0.5) is 15.8 Å². The highest BCUT2D eigenvalue weighted by Gasteiger charge is 2.44. The second-order valence-electron chi connectivity index (χ2n) is 7.37. The summed E-state index contributed by atoms with van der Waals surface area (Å²) in [6.45, 7) is -0.0453. The van der Waals surface area contributed by atoms with Crippen LogP contribution in [0.5, 0.6) is 0 Å². The molecule has 1 unspecified atom stereocenters. The number of halogens is 1. The summed E-state index contributed by atoms with van der Waals surface area (Å²) in [6.07, 6.45) is 2.79. The van der Waals surface area contributed by atoms with Gasteiger partial charge in [-0.15, -0.1) is 0 Å². The second-order valence-corrected chi connectivity index (χ2v) is 7.37. The first kappa shape index (κ1) is 21.8. The number of amides is 3. The SMILES string of the molecule is O=C1CC(N(Cc2cccnc2)C(=O)c2cccc([N+](=O)[O-])c2)C(=O)N1c1ccc(F)cc1. The van der Waals surface area contributed by atoms with Crippen molar-refractivity contribution in [3.05, 3.63) is 100 Å². The molecule has 3 amide bonds. The van der Waals surface area contributed by atoms with Gasteiger partial charge in [-0.1, -0.05) is 12.1 Å². The van der Waals surface area contributed by atoms with Gasteiger partial charge in [-0.25, -0.2) is 9.29 Å². The van der Waals surface area contributed by atoms with Gasteiger partial charge < -0.3 is 4.90 Å². The van der Waals surface area contributed by atoms with Crippen molar-refractivity contribution >= 4 is 29.1 Å². The van der Waals surface area contributed by atoms with E-state index >= 15 is 0 Å². The van der Waals surface area contributed by atoms with E-state index in [4.69, 9.17) is 0 Å². The summed E-state index contributed by atoms with van der Waals surface area (Å²) in [4.78, 5) is 56.0. The molecular weight excluding hydrogens is 431 g/mol. The predicted molar refractivity (Wildman–Crippen MR) is 115 cm³/mol. The third-order valence-corrected chi connectivity index (χ3v) is 5.22. The van der Waals surface area contributed by atoms with Crippen molar-refractivity contribution in [2.75, 3.05) is 4.90 Å². The third kappa shape index (κ3) is 4.45.